The molecule has 0 aromatic heterocycles. The standard InChI is InChI=1S/C9H10FNO/c1-6(10)7-4-2-3-5-8(7)9(11)12/h2-6H,1H3,(H2,11,12). The van der Waals surface area contributed by atoms with Crippen LogP contribution in [0.2, 0.25) is 0 Å². The molecule has 0 aliphatic rings. The molecule has 1 unspecified atom stereocenters. The fourth-order valence-electron chi connectivity index (χ4n) is 1.07. The Morgan fingerprint density at radius 3 is 2.50 bits per heavy atom. The van der Waals surface area contributed by atoms with Gasteiger partial charge in [0.05, 0.1) is 0 Å². The molecule has 1 atom stereocenters. The highest BCUT2D eigenvalue weighted by molar-refractivity contribution is 5.94. The van der Waals surface area contributed by atoms with Crippen LogP contribution >= 0.6 is 0 Å². The van der Waals surface area contributed by atoms with E-state index < -0.39 is 12.1 Å². The summed E-state index contributed by atoms with van der Waals surface area (Å²) in [6.07, 6.45) is -1.16. The van der Waals surface area contributed by atoms with Gasteiger partial charge in [0, 0.05) is 5.56 Å². The van der Waals surface area contributed by atoms with E-state index in [4.69, 9.17) is 5.73 Å². The first-order valence-electron chi connectivity index (χ1n) is 3.65. The van der Waals surface area contributed by atoms with Gasteiger partial charge < -0.3 is 5.73 Å². The van der Waals surface area contributed by atoms with Gasteiger partial charge in [0.1, 0.15) is 6.17 Å². The Bertz CT molecular complexity index is 296. The maximum absolute atomic E-state index is 12.8. The summed E-state index contributed by atoms with van der Waals surface area (Å²) in [4.78, 5) is 10.8. The predicted molar refractivity (Wildman–Crippen MR) is 44.5 cm³/mol. The van der Waals surface area contributed by atoms with Crippen molar-refractivity contribution < 1.29 is 9.18 Å². The molecule has 1 aromatic rings. The molecule has 64 valence electrons. The first-order valence-corrected chi connectivity index (χ1v) is 3.65. The van der Waals surface area contributed by atoms with E-state index in [1.54, 1.807) is 18.2 Å². The van der Waals surface area contributed by atoms with Crippen LogP contribution in [0.5, 0.6) is 0 Å². The molecule has 0 fully saturated rings. The van der Waals surface area contributed by atoms with Crippen molar-refractivity contribution in [3.63, 3.8) is 0 Å². The number of primary amides is 1. The minimum absolute atomic E-state index is 0.257. The number of carbonyl (C=O) groups excluding carboxylic acids is 1. The summed E-state index contributed by atoms with van der Waals surface area (Å²) < 4.78 is 12.8. The number of nitrogens with two attached hydrogens (primary N) is 1. The highest BCUT2D eigenvalue weighted by Gasteiger charge is 2.11. The average Bonchev–Trinajstić information content (AvgIpc) is 2.04. The highest BCUT2D eigenvalue weighted by atomic mass is 19.1. The summed E-state index contributed by atoms with van der Waals surface area (Å²) in [5.41, 5.74) is 5.66. The molecule has 0 saturated heterocycles. The first-order chi connectivity index (χ1) is 5.63. The lowest BCUT2D eigenvalue weighted by Crippen LogP contribution is -2.13. The number of halogens is 1. The summed E-state index contributed by atoms with van der Waals surface area (Å²) in [6.45, 7) is 1.38. The number of rotatable bonds is 2. The molecule has 3 heteroatoms. The van der Waals surface area contributed by atoms with E-state index in [0.717, 1.165) is 0 Å². The fourth-order valence-corrected chi connectivity index (χ4v) is 1.07. The topological polar surface area (TPSA) is 43.1 Å². The van der Waals surface area contributed by atoms with E-state index in [0.29, 0.717) is 5.56 Å². The largest absolute Gasteiger partial charge is 0.366 e. The molecule has 0 aliphatic carbocycles. The lowest BCUT2D eigenvalue weighted by molar-refractivity contribution is 0.0997. The molecular weight excluding hydrogens is 157 g/mol. The lowest BCUT2D eigenvalue weighted by atomic mass is 10.0. The predicted octanol–water partition coefficient (Wildman–Crippen LogP) is 1.82. The molecule has 0 aliphatic heterocycles. The zero-order valence-electron chi connectivity index (χ0n) is 6.75. The van der Waals surface area contributed by atoms with Crippen LogP contribution in [-0.2, 0) is 0 Å². The molecule has 12 heavy (non-hydrogen) atoms. The molecule has 0 saturated carbocycles. The van der Waals surface area contributed by atoms with Crippen molar-refractivity contribution in [1.29, 1.82) is 0 Å². The SMILES string of the molecule is CC(F)c1ccccc1C(N)=O. The number of alkyl halides is 1. The van der Waals surface area contributed by atoms with Gasteiger partial charge in [-0.25, -0.2) is 4.39 Å². The van der Waals surface area contributed by atoms with Crippen molar-refractivity contribution in [2.24, 2.45) is 5.73 Å². The molecule has 1 aromatic carbocycles. The van der Waals surface area contributed by atoms with Crippen molar-refractivity contribution in [3.05, 3.63) is 35.4 Å². The number of hydrogen-bond donors (Lipinski definition) is 1. The van der Waals surface area contributed by atoms with Crippen molar-refractivity contribution in [2.75, 3.05) is 0 Å². The van der Waals surface area contributed by atoms with Gasteiger partial charge in [-0.3, -0.25) is 4.79 Å². The minimum Gasteiger partial charge on any atom is -0.366 e. The van der Waals surface area contributed by atoms with Crippen LogP contribution in [0.25, 0.3) is 0 Å². The van der Waals surface area contributed by atoms with Gasteiger partial charge in [0.25, 0.3) is 0 Å². The second kappa shape index (κ2) is 3.34. The number of hydrogen-bond acceptors (Lipinski definition) is 1. The molecule has 2 N–H and O–H groups in total. The van der Waals surface area contributed by atoms with Crippen molar-refractivity contribution in [2.45, 2.75) is 13.1 Å². The van der Waals surface area contributed by atoms with E-state index in [2.05, 4.69) is 0 Å². The Balaban J connectivity index is 3.17. The molecule has 0 heterocycles. The smallest absolute Gasteiger partial charge is 0.249 e. The third-order valence-corrected chi connectivity index (χ3v) is 1.65. The number of carbonyl (C=O) groups is 1. The number of amides is 1. The third-order valence-electron chi connectivity index (χ3n) is 1.65. The van der Waals surface area contributed by atoms with Gasteiger partial charge in [0.2, 0.25) is 5.91 Å². The summed E-state index contributed by atoms with van der Waals surface area (Å²) in [7, 11) is 0. The monoisotopic (exact) mass is 167 g/mol. The maximum atomic E-state index is 12.8. The van der Waals surface area contributed by atoms with Crippen LogP contribution in [0.3, 0.4) is 0 Å². The Morgan fingerprint density at radius 2 is 2.08 bits per heavy atom. The summed E-state index contributed by atoms with van der Waals surface area (Å²) in [5, 5.41) is 0. The van der Waals surface area contributed by atoms with Crippen LogP contribution in [-0.4, -0.2) is 5.91 Å². The van der Waals surface area contributed by atoms with Gasteiger partial charge in [0.15, 0.2) is 0 Å². The molecule has 1 amide bonds. The van der Waals surface area contributed by atoms with E-state index in [9.17, 15) is 9.18 Å². The van der Waals surface area contributed by atoms with E-state index >= 15 is 0 Å². The molecule has 0 radical (unpaired) electrons. The lowest BCUT2D eigenvalue weighted by Gasteiger charge is -2.05. The van der Waals surface area contributed by atoms with Crippen LogP contribution in [0.4, 0.5) is 4.39 Å². The number of benzene rings is 1. The van der Waals surface area contributed by atoms with Crippen molar-refractivity contribution in [1.82, 2.24) is 0 Å². The first kappa shape index (κ1) is 8.71. The molecule has 0 spiro atoms. The maximum Gasteiger partial charge on any atom is 0.249 e. The zero-order chi connectivity index (χ0) is 9.14. The third kappa shape index (κ3) is 1.61. The van der Waals surface area contributed by atoms with Gasteiger partial charge in [-0.05, 0) is 18.6 Å². The van der Waals surface area contributed by atoms with Crippen molar-refractivity contribution >= 4 is 5.91 Å². The summed E-state index contributed by atoms with van der Waals surface area (Å²) >= 11 is 0. The van der Waals surface area contributed by atoms with E-state index in [1.807, 2.05) is 0 Å². The Morgan fingerprint density at radius 1 is 1.50 bits per heavy atom. The zero-order valence-corrected chi connectivity index (χ0v) is 6.75. The second-order valence-electron chi connectivity index (χ2n) is 2.57. The Hall–Kier alpha value is -1.38. The van der Waals surface area contributed by atoms with Crippen LogP contribution in [0.1, 0.15) is 29.0 Å². The van der Waals surface area contributed by atoms with Crippen LogP contribution in [0.15, 0.2) is 24.3 Å². The van der Waals surface area contributed by atoms with Gasteiger partial charge in [-0.2, -0.15) is 0 Å². The fraction of sp³-hybridized carbons (Fsp3) is 0.222. The Labute approximate surface area is 70.2 Å². The molecular formula is C9H10FNO. The van der Waals surface area contributed by atoms with Crippen molar-refractivity contribution in [3.8, 4) is 0 Å². The average molecular weight is 167 g/mol. The van der Waals surface area contributed by atoms with Crippen LogP contribution < -0.4 is 5.73 Å². The quantitative estimate of drug-likeness (QED) is 0.717. The Kier molecular flexibility index (Phi) is 2.43. The van der Waals surface area contributed by atoms with Gasteiger partial charge >= 0.3 is 0 Å². The normalized spacial score (nSPS) is 12.5. The second-order valence-corrected chi connectivity index (χ2v) is 2.57. The van der Waals surface area contributed by atoms with E-state index in [1.165, 1.54) is 13.0 Å². The van der Waals surface area contributed by atoms with Crippen LogP contribution in [0, 0.1) is 0 Å². The highest BCUT2D eigenvalue weighted by Crippen LogP contribution is 2.19. The van der Waals surface area contributed by atoms with Gasteiger partial charge in [-0.15, -0.1) is 0 Å². The van der Waals surface area contributed by atoms with Gasteiger partial charge in [-0.1, -0.05) is 18.2 Å². The minimum atomic E-state index is -1.16. The molecule has 0 bridgehead atoms. The summed E-state index contributed by atoms with van der Waals surface area (Å²) in [6, 6.07) is 6.42. The van der Waals surface area contributed by atoms with E-state index in [-0.39, 0.29) is 5.56 Å². The molecule has 2 nitrogen and oxygen atoms in total. The summed E-state index contributed by atoms with van der Waals surface area (Å²) in [5.74, 6) is -0.588. The molecule has 1 rings (SSSR count).